The molecular weight excluding hydrogens is 404 g/mol. The Balaban J connectivity index is 1.56. The van der Waals surface area contributed by atoms with Gasteiger partial charge in [-0.3, -0.25) is 9.52 Å². The van der Waals surface area contributed by atoms with Crippen LogP contribution in [-0.4, -0.2) is 31.4 Å². The smallest absolute Gasteiger partial charge is 0.263 e. The molecule has 0 unspecified atom stereocenters. The summed E-state index contributed by atoms with van der Waals surface area (Å²) >= 11 is 0. The molecule has 2 aromatic carbocycles. The molecule has 8 nitrogen and oxygen atoms in total. The van der Waals surface area contributed by atoms with Crippen LogP contribution in [0, 0.1) is 0 Å². The SMILES string of the molecule is COc1nccnc1NS(=O)(=O)c1ccc(NC(=O)CCCc2ccccc2)cc1. The number of amides is 1. The summed E-state index contributed by atoms with van der Waals surface area (Å²) in [5, 5.41) is 2.78. The molecule has 9 heteroatoms. The summed E-state index contributed by atoms with van der Waals surface area (Å²) in [4.78, 5) is 20.0. The average Bonchev–Trinajstić information content (AvgIpc) is 2.75. The first-order valence-corrected chi connectivity index (χ1v) is 10.8. The van der Waals surface area contributed by atoms with Crippen LogP contribution in [0.15, 0.2) is 71.9 Å². The molecule has 3 rings (SSSR count). The summed E-state index contributed by atoms with van der Waals surface area (Å²) in [6.07, 6.45) is 4.68. The largest absolute Gasteiger partial charge is 0.478 e. The lowest BCUT2D eigenvalue weighted by atomic mass is 10.1. The molecule has 30 heavy (non-hydrogen) atoms. The maximum Gasteiger partial charge on any atom is 0.263 e. The topological polar surface area (TPSA) is 110 Å². The third kappa shape index (κ3) is 5.77. The van der Waals surface area contributed by atoms with Crippen molar-refractivity contribution in [3.8, 4) is 5.88 Å². The quantitative estimate of drug-likeness (QED) is 0.543. The molecular formula is C21H22N4O4S. The van der Waals surface area contributed by atoms with E-state index in [0.29, 0.717) is 12.1 Å². The number of carbonyl (C=O) groups is 1. The van der Waals surface area contributed by atoms with Crippen LogP contribution in [0.3, 0.4) is 0 Å². The van der Waals surface area contributed by atoms with E-state index in [0.717, 1.165) is 12.8 Å². The molecule has 0 fully saturated rings. The lowest BCUT2D eigenvalue weighted by Crippen LogP contribution is -2.15. The number of aromatic nitrogens is 2. The van der Waals surface area contributed by atoms with Crippen LogP contribution in [0.25, 0.3) is 0 Å². The first-order valence-electron chi connectivity index (χ1n) is 9.29. The standard InChI is InChI=1S/C21H22N4O4S/c1-29-21-20(22-14-15-23-21)25-30(27,28)18-12-10-17(11-13-18)24-19(26)9-5-8-16-6-3-2-4-7-16/h2-4,6-7,10-15H,5,8-9H2,1H3,(H,22,25)(H,24,26). The van der Waals surface area contributed by atoms with Gasteiger partial charge in [0.05, 0.1) is 12.0 Å². The first-order chi connectivity index (χ1) is 14.5. The predicted molar refractivity (Wildman–Crippen MR) is 114 cm³/mol. The molecule has 0 aliphatic carbocycles. The Morgan fingerprint density at radius 3 is 2.40 bits per heavy atom. The minimum atomic E-state index is -3.88. The molecule has 0 aliphatic rings. The molecule has 0 atom stereocenters. The van der Waals surface area contributed by atoms with Crippen molar-refractivity contribution in [1.29, 1.82) is 0 Å². The van der Waals surface area contributed by atoms with E-state index in [1.165, 1.54) is 49.3 Å². The van der Waals surface area contributed by atoms with E-state index >= 15 is 0 Å². The number of carbonyl (C=O) groups excluding carboxylic acids is 1. The number of anilines is 2. The molecule has 1 aromatic heterocycles. The fourth-order valence-corrected chi connectivity index (χ4v) is 3.78. The fourth-order valence-electron chi connectivity index (χ4n) is 2.77. The first kappa shape index (κ1) is 21.3. The molecule has 0 bridgehead atoms. The van der Waals surface area contributed by atoms with Crippen molar-refractivity contribution in [2.24, 2.45) is 0 Å². The number of benzene rings is 2. The van der Waals surface area contributed by atoms with Gasteiger partial charge in [0, 0.05) is 24.5 Å². The van der Waals surface area contributed by atoms with Gasteiger partial charge >= 0.3 is 0 Å². The zero-order valence-electron chi connectivity index (χ0n) is 16.4. The molecule has 0 saturated heterocycles. The minimum Gasteiger partial charge on any atom is -0.478 e. The summed E-state index contributed by atoms with van der Waals surface area (Å²) in [7, 11) is -2.51. The van der Waals surface area contributed by atoms with Gasteiger partial charge in [-0.15, -0.1) is 0 Å². The molecule has 3 aromatic rings. The van der Waals surface area contributed by atoms with E-state index in [2.05, 4.69) is 20.0 Å². The van der Waals surface area contributed by atoms with Crippen LogP contribution < -0.4 is 14.8 Å². The summed E-state index contributed by atoms with van der Waals surface area (Å²) in [6.45, 7) is 0. The molecule has 2 N–H and O–H groups in total. The Hall–Kier alpha value is -3.46. The summed E-state index contributed by atoms with van der Waals surface area (Å²) in [5.41, 5.74) is 1.71. The third-order valence-corrected chi connectivity index (χ3v) is 5.60. The van der Waals surface area contributed by atoms with Crippen LogP contribution in [0.2, 0.25) is 0 Å². The molecule has 0 spiro atoms. The summed E-state index contributed by atoms with van der Waals surface area (Å²) < 4.78 is 32.5. The Morgan fingerprint density at radius 1 is 1.00 bits per heavy atom. The highest BCUT2D eigenvalue weighted by Gasteiger charge is 2.18. The van der Waals surface area contributed by atoms with Gasteiger partial charge in [0.25, 0.3) is 15.9 Å². The van der Waals surface area contributed by atoms with Crippen molar-refractivity contribution in [2.75, 3.05) is 17.1 Å². The highest BCUT2D eigenvalue weighted by atomic mass is 32.2. The second kappa shape index (κ2) is 9.84. The normalized spacial score (nSPS) is 11.0. The van der Waals surface area contributed by atoms with Crippen molar-refractivity contribution in [3.05, 3.63) is 72.6 Å². The average molecular weight is 426 g/mol. The predicted octanol–water partition coefficient (Wildman–Crippen LogP) is 3.25. The van der Waals surface area contributed by atoms with Crippen LogP contribution in [0.1, 0.15) is 18.4 Å². The second-order valence-electron chi connectivity index (χ2n) is 6.43. The van der Waals surface area contributed by atoms with Gasteiger partial charge in [0.2, 0.25) is 11.7 Å². The fraction of sp³-hybridized carbons (Fsp3) is 0.190. The number of nitrogens with one attached hydrogen (secondary N) is 2. The Labute approximate surface area is 175 Å². The zero-order chi connectivity index (χ0) is 21.4. The van der Waals surface area contributed by atoms with E-state index in [1.807, 2.05) is 30.3 Å². The summed E-state index contributed by atoms with van der Waals surface area (Å²) in [5.74, 6) is -0.0554. The van der Waals surface area contributed by atoms with Gasteiger partial charge in [-0.25, -0.2) is 18.4 Å². The Morgan fingerprint density at radius 2 is 1.70 bits per heavy atom. The minimum absolute atomic E-state index is 0.00389. The van der Waals surface area contributed by atoms with Crippen LogP contribution >= 0.6 is 0 Å². The van der Waals surface area contributed by atoms with Gasteiger partial charge in [-0.2, -0.15) is 0 Å². The number of rotatable bonds is 9. The molecule has 1 amide bonds. The van der Waals surface area contributed by atoms with Crippen molar-refractivity contribution >= 4 is 27.4 Å². The van der Waals surface area contributed by atoms with Gasteiger partial charge in [0.15, 0.2) is 0 Å². The van der Waals surface area contributed by atoms with Crippen molar-refractivity contribution < 1.29 is 17.9 Å². The Bertz CT molecular complexity index is 1090. The number of methoxy groups -OCH3 is 1. The van der Waals surface area contributed by atoms with Crippen molar-refractivity contribution in [2.45, 2.75) is 24.2 Å². The van der Waals surface area contributed by atoms with Crippen LogP contribution in [0.5, 0.6) is 5.88 Å². The summed E-state index contributed by atoms with van der Waals surface area (Å²) in [6, 6.07) is 15.9. The lowest BCUT2D eigenvalue weighted by molar-refractivity contribution is -0.116. The van der Waals surface area contributed by atoms with Crippen LogP contribution in [-0.2, 0) is 21.2 Å². The molecule has 1 heterocycles. The molecule has 0 aliphatic heterocycles. The monoisotopic (exact) mass is 426 g/mol. The second-order valence-corrected chi connectivity index (χ2v) is 8.11. The number of ether oxygens (including phenoxy) is 1. The number of nitrogens with zero attached hydrogens (tertiary/aromatic N) is 2. The lowest BCUT2D eigenvalue weighted by Gasteiger charge is -2.10. The van der Waals surface area contributed by atoms with Gasteiger partial charge in [-0.05, 0) is 42.7 Å². The zero-order valence-corrected chi connectivity index (χ0v) is 17.2. The van der Waals surface area contributed by atoms with E-state index in [1.54, 1.807) is 0 Å². The van der Waals surface area contributed by atoms with Gasteiger partial charge in [0.1, 0.15) is 0 Å². The maximum atomic E-state index is 12.6. The van der Waals surface area contributed by atoms with E-state index in [9.17, 15) is 13.2 Å². The molecule has 0 radical (unpaired) electrons. The third-order valence-electron chi connectivity index (χ3n) is 4.25. The molecule has 156 valence electrons. The highest BCUT2D eigenvalue weighted by Crippen LogP contribution is 2.22. The van der Waals surface area contributed by atoms with Crippen molar-refractivity contribution in [1.82, 2.24) is 9.97 Å². The number of hydrogen-bond donors (Lipinski definition) is 2. The van der Waals surface area contributed by atoms with Crippen LogP contribution in [0.4, 0.5) is 11.5 Å². The van der Waals surface area contributed by atoms with Gasteiger partial charge in [-0.1, -0.05) is 30.3 Å². The highest BCUT2D eigenvalue weighted by molar-refractivity contribution is 7.92. The number of sulfonamides is 1. The number of hydrogen-bond acceptors (Lipinski definition) is 6. The maximum absolute atomic E-state index is 12.6. The van der Waals surface area contributed by atoms with E-state index in [-0.39, 0.29) is 22.5 Å². The Kier molecular flexibility index (Phi) is 6.97. The van der Waals surface area contributed by atoms with E-state index in [4.69, 9.17) is 4.74 Å². The van der Waals surface area contributed by atoms with E-state index < -0.39 is 10.0 Å². The van der Waals surface area contributed by atoms with Crippen molar-refractivity contribution in [3.63, 3.8) is 0 Å². The molecule has 0 saturated carbocycles. The number of aryl methyl sites for hydroxylation is 1. The van der Waals surface area contributed by atoms with Gasteiger partial charge < -0.3 is 10.1 Å².